The fourth-order valence-corrected chi connectivity index (χ4v) is 16.1. The minimum atomic E-state index is -0.710. The molecule has 3 aliphatic rings. The van der Waals surface area contributed by atoms with Gasteiger partial charge in [-0.1, -0.05) is 248 Å². The second-order valence-corrected chi connectivity index (χ2v) is 23.3. The van der Waals surface area contributed by atoms with Gasteiger partial charge in [-0.3, -0.25) is 0 Å². The van der Waals surface area contributed by atoms with Crippen LogP contribution in [0.25, 0.3) is 49.7 Å². The van der Waals surface area contributed by atoms with Crippen LogP contribution in [-0.4, -0.2) is 4.57 Å². The maximum absolute atomic E-state index is 2.66. The van der Waals surface area contributed by atoms with Crippen LogP contribution in [0.1, 0.15) is 44.5 Å². The number of benzene rings is 13. The van der Waals surface area contributed by atoms with Gasteiger partial charge >= 0.3 is 0 Å². The lowest BCUT2D eigenvalue weighted by atomic mass is 9.64. The van der Waals surface area contributed by atoms with Gasteiger partial charge in [-0.2, -0.15) is 0 Å². The summed E-state index contributed by atoms with van der Waals surface area (Å²) in [6.45, 7) is 0. The molecule has 0 bridgehead atoms. The van der Waals surface area contributed by atoms with E-state index in [1.807, 2.05) is 11.8 Å². The van der Waals surface area contributed by atoms with E-state index in [1.165, 1.54) is 92.8 Å². The Kier molecular flexibility index (Phi) is 11.0. The Labute approximate surface area is 493 Å². The van der Waals surface area contributed by atoms with Gasteiger partial charge in [-0.15, -0.1) is 0 Å². The van der Waals surface area contributed by atoms with E-state index in [9.17, 15) is 0 Å². The SMILES string of the molecule is c1ccc(N(c2ccccc2)c2ccc3c(c2)C(c2ccccc2)(c2ccccc2)c2cc4c(cc2-3)Sc2c(N(c3ccccc3)c3cccc5c6ccccc6n(-c6ccccc6)c35)cccc2C42c3ccccc3-c3ccccc32)cc1. The second kappa shape index (κ2) is 19.1. The molecule has 394 valence electrons. The van der Waals surface area contributed by atoms with Crippen LogP contribution in [0.15, 0.2) is 331 Å². The van der Waals surface area contributed by atoms with Gasteiger partial charge in [0.25, 0.3) is 0 Å². The van der Waals surface area contributed by atoms with Gasteiger partial charge in [0.15, 0.2) is 0 Å². The molecular formula is C80H53N3S. The Hall–Kier alpha value is -10.4. The molecular weight excluding hydrogens is 1030 g/mol. The fourth-order valence-electron chi connectivity index (χ4n) is 14.8. The lowest BCUT2D eigenvalue weighted by Crippen LogP contribution is -2.34. The molecule has 4 heteroatoms. The van der Waals surface area contributed by atoms with Crippen LogP contribution in [0.2, 0.25) is 0 Å². The zero-order chi connectivity index (χ0) is 55.3. The van der Waals surface area contributed by atoms with Crippen LogP contribution < -0.4 is 9.80 Å². The zero-order valence-corrected chi connectivity index (χ0v) is 46.7. The van der Waals surface area contributed by atoms with E-state index in [2.05, 4.69) is 336 Å². The largest absolute Gasteiger partial charge is 0.310 e. The lowest BCUT2D eigenvalue weighted by Gasteiger charge is -2.42. The van der Waals surface area contributed by atoms with Gasteiger partial charge in [-0.05, 0) is 152 Å². The van der Waals surface area contributed by atoms with Crippen LogP contribution in [0.4, 0.5) is 34.1 Å². The van der Waals surface area contributed by atoms with Gasteiger partial charge in [0, 0.05) is 49.0 Å². The summed E-state index contributed by atoms with van der Waals surface area (Å²) < 4.78 is 2.47. The van der Waals surface area contributed by atoms with E-state index in [-0.39, 0.29) is 0 Å². The Bertz CT molecular complexity index is 4740. The Balaban J connectivity index is 0.977. The zero-order valence-electron chi connectivity index (χ0n) is 45.8. The molecule has 0 atom stereocenters. The van der Waals surface area contributed by atoms with E-state index >= 15 is 0 Å². The summed E-state index contributed by atoms with van der Waals surface area (Å²) >= 11 is 1.93. The normalized spacial score (nSPS) is 13.6. The van der Waals surface area contributed by atoms with Crippen molar-refractivity contribution >= 4 is 67.7 Å². The summed E-state index contributed by atoms with van der Waals surface area (Å²) in [7, 11) is 0. The minimum absolute atomic E-state index is 0.705. The number of aromatic nitrogens is 1. The first-order valence-corrected chi connectivity index (χ1v) is 29.8. The van der Waals surface area contributed by atoms with Crippen molar-refractivity contribution in [3.8, 4) is 27.9 Å². The molecule has 0 radical (unpaired) electrons. The first-order valence-electron chi connectivity index (χ1n) is 29.0. The Morgan fingerprint density at radius 3 is 1.39 bits per heavy atom. The third kappa shape index (κ3) is 6.89. The van der Waals surface area contributed by atoms with Crippen LogP contribution in [0.5, 0.6) is 0 Å². The van der Waals surface area contributed by atoms with Crippen LogP contribution in [0.3, 0.4) is 0 Å². The summed E-state index contributed by atoms with van der Waals surface area (Å²) in [5, 5.41) is 2.43. The smallest absolute Gasteiger partial charge is 0.0782 e. The second-order valence-electron chi connectivity index (χ2n) is 22.2. The molecule has 2 heterocycles. The standard InChI is InChI=1S/C80H53N3S/c1-7-27-54(28-8-1)79(55-29-9-2-10-30-55)70-51-60(81(56-31-11-3-12-32-56)57-33-13-4-14-34-57)49-50-63(70)66-52-76-72(53-71(66)79)80(67-43-22-19-39-61(67)62-40-20-23-44-68(62)80)69-45-26-48-75(78(69)84-76)82(58-35-15-5-16-36-58)74-47-25-42-65-64-41-21-24-46-73(64)83(77(65)74)59-37-17-6-18-38-59/h1-53H. The molecule has 17 rings (SSSR count). The highest BCUT2D eigenvalue weighted by Gasteiger charge is 2.54. The van der Waals surface area contributed by atoms with Crippen molar-refractivity contribution in [1.29, 1.82) is 0 Å². The number of rotatable bonds is 9. The molecule has 13 aromatic carbocycles. The van der Waals surface area contributed by atoms with Crippen molar-refractivity contribution in [2.24, 2.45) is 0 Å². The maximum atomic E-state index is 2.66. The van der Waals surface area contributed by atoms with Gasteiger partial charge in [-0.25, -0.2) is 0 Å². The molecule has 14 aromatic rings. The van der Waals surface area contributed by atoms with Crippen molar-refractivity contribution in [3.05, 3.63) is 366 Å². The number of hydrogen-bond donors (Lipinski definition) is 0. The number of para-hydroxylation sites is 6. The third-order valence-electron chi connectivity index (χ3n) is 18.1. The molecule has 1 aromatic heterocycles. The summed E-state index contributed by atoms with van der Waals surface area (Å²) in [5.41, 5.74) is 23.9. The van der Waals surface area contributed by atoms with Crippen LogP contribution in [-0.2, 0) is 10.8 Å². The highest BCUT2D eigenvalue weighted by atomic mass is 32.2. The number of hydrogen-bond acceptors (Lipinski definition) is 3. The van der Waals surface area contributed by atoms with Crippen LogP contribution >= 0.6 is 11.8 Å². The van der Waals surface area contributed by atoms with E-state index in [0.29, 0.717) is 0 Å². The molecule has 0 N–H and O–H groups in total. The summed E-state index contributed by atoms with van der Waals surface area (Å²) in [4.78, 5) is 7.42. The predicted octanol–water partition coefficient (Wildman–Crippen LogP) is 20.9. The molecule has 0 unspecified atom stereocenters. The third-order valence-corrected chi connectivity index (χ3v) is 19.3. The minimum Gasteiger partial charge on any atom is -0.310 e. The van der Waals surface area contributed by atoms with Crippen LogP contribution in [0, 0.1) is 0 Å². The summed E-state index contributed by atoms with van der Waals surface area (Å²) in [5.74, 6) is 0. The molecule has 0 saturated carbocycles. The van der Waals surface area contributed by atoms with Gasteiger partial charge < -0.3 is 14.4 Å². The predicted molar refractivity (Wildman–Crippen MR) is 349 cm³/mol. The Morgan fingerprint density at radius 2 is 0.762 bits per heavy atom. The molecule has 0 saturated heterocycles. The molecule has 1 spiro atoms. The van der Waals surface area contributed by atoms with E-state index in [1.54, 1.807) is 0 Å². The van der Waals surface area contributed by atoms with E-state index < -0.39 is 10.8 Å². The molecule has 84 heavy (non-hydrogen) atoms. The first kappa shape index (κ1) is 48.3. The highest BCUT2D eigenvalue weighted by Crippen LogP contribution is 2.67. The first-order chi connectivity index (χ1) is 41.7. The average Bonchev–Trinajstić information content (AvgIpc) is 2.55. The van der Waals surface area contributed by atoms with Crippen molar-refractivity contribution in [1.82, 2.24) is 4.57 Å². The van der Waals surface area contributed by atoms with Crippen molar-refractivity contribution < 1.29 is 0 Å². The number of fused-ring (bicyclic) bond motifs is 15. The van der Waals surface area contributed by atoms with Gasteiger partial charge in [0.2, 0.25) is 0 Å². The van der Waals surface area contributed by atoms with E-state index in [4.69, 9.17) is 0 Å². The fraction of sp³-hybridized carbons (Fsp3) is 0.0250. The molecule has 1 aliphatic heterocycles. The van der Waals surface area contributed by atoms with Crippen molar-refractivity contribution in [2.45, 2.75) is 20.6 Å². The monoisotopic (exact) mass is 1090 g/mol. The molecule has 0 amide bonds. The summed E-state index contributed by atoms with van der Waals surface area (Å²) in [6.07, 6.45) is 0. The highest BCUT2D eigenvalue weighted by molar-refractivity contribution is 7.99. The molecule has 0 fully saturated rings. The number of anilines is 6. The molecule has 2 aliphatic carbocycles. The van der Waals surface area contributed by atoms with E-state index in [0.717, 1.165) is 45.3 Å². The molecule has 3 nitrogen and oxygen atoms in total. The van der Waals surface area contributed by atoms with Crippen molar-refractivity contribution in [3.63, 3.8) is 0 Å². The average molecular weight is 1090 g/mol. The Morgan fingerprint density at radius 1 is 0.286 bits per heavy atom. The lowest BCUT2D eigenvalue weighted by molar-refractivity contribution is 0.710. The van der Waals surface area contributed by atoms with Gasteiger partial charge in [0.05, 0.1) is 33.2 Å². The van der Waals surface area contributed by atoms with Gasteiger partial charge in [0.1, 0.15) is 0 Å². The summed E-state index contributed by atoms with van der Waals surface area (Å²) in [6, 6.07) is 120. The van der Waals surface area contributed by atoms with Crippen molar-refractivity contribution in [2.75, 3.05) is 9.80 Å². The quantitative estimate of drug-likeness (QED) is 0.143. The maximum Gasteiger partial charge on any atom is 0.0782 e. The topological polar surface area (TPSA) is 11.4 Å². The number of nitrogens with zero attached hydrogens (tertiary/aromatic N) is 3.